The van der Waals surface area contributed by atoms with Crippen LogP contribution in [0.3, 0.4) is 0 Å². The van der Waals surface area contributed by atoms with Gasteiger partial charge in [-0.05, 0) is 102 Å². The molecule has 27 aromatic rings. The van der Waals surface area contributed by atoms with E-state index < -0.39 is 0 Å². The number of para-hydroxylation sites is 5. The highest BCUT2D eigenvalue weighted by Crippen LogP contribution is 2.47. The highest BCUT2D eigenvalue weighted by atomic mass is 32.1. The van der Waals surface area contributed by atoms with Gasteiger partial charge < -0.3 is 18.0 Å². The molecule has 0 aliphatic carbocycles. The third-order valence-corrected chi connectivity index (χ3v) is 26.0. The Balaban J connectivity index is 0.000000106. The van der Waals surface area contributed by atoms with Crippen LogP contribution in [-0.4, -0.2) is 58.6 Å². The molecule has 132 heavy (non-hydrogen) atoms. The Morgan fingerprint density at radius 1 is 0.182 bits per heavy atom. The molecule has 0 radical (unpaired) electrons. The molecule has 18 aromatic carbocycles. The topological polar surface area (TPSA) is 157 Å². The van der Waals surface area contributed by atoms with E-state index in [0.717, 1.165) is 149 Å². The summed E-state index contributed by atoms with van der Waals surface area (Å²) in [4.78, 5) is 44.8. The summed E-state index contributed by atoms with van der Waals surface area (Å²) in [6.45, 7) is 0. The zero-order chi connectivity index (χ0) is 87.1. The number of rotatable bonds is 12. The molecule has 0 spiro atoms. The van der Waals surface area contributed by atoms with E-state index in [4.69, 9.17) is 53.7 Å². The lowest BCUT2D eigenvalue weighted by molar-refractivity contribution is 0.670. The summed E-state index contributed by atoms with van der Waals surface area (Å²) < 4.78 is 22.5. The minimum atomic E-state index is 0.540. The Morgan fingerprint density at radius 3 is 0.962 bits per heavy atom. The summed E-state index contributed by atoms with van der Waals surface area (Å²) in [6, 6.07) is 150. The molecule has 0 atom stereocenters. The number of nitrogens with zero attached hydrogens (tertiary/aromatic N) is 12. The molecule has 9 aromatic heterocycles. The van der Waals surface area contributed by atoms with Gasteiger partial charge in [-0.2, -0.15) is 9.97 Å². The van der Waals surface area contributed by atoms with E-state index in [1.54, 1.807) is 0 Å². The lowest BCUT2D eigenvalue weighted by atomic mass is 10.0. The van der Waals surface area contributed by atoms with Crippen molar-refractivity contribution in [3.05, 3.63) is 437 Å². The van der Waals surface area contributed by atoms with E-state index in [1.807, 2.05) is 199 Å². The predicted molar refractivity (Wildman–Crippen MR) is 539 cm³/mol. The minimum absolute atomic E-state index is 0.540. The number of hydrogen-bond donors (Lipinski definition) is 0. The Morgan fingerprint density at radius 2 is 0.492 bits per heavy atom. The molecule has 14 nitrogen and oxygen atoms in total. The Hall–Kier alpha value is -17.8. The zero-order valence-corrected chi connectivity index (χ0v) is 71.5. The quantitative estimate of drug-likeness (QED) is 0.115. The first kappa shape index (κ1) is 76.6. The van der Waals surface area contributed by atoms with Gasteiger partial charge >= 0.3 is 0 Å². The predicted octanol–water partition coefficient (Wildman–Crippen LogP) is 30.1. The number of hydrogen-bond acceptors (Lipinski definition) is 12. The monoisotopic (exact) mass is 1710 g/mol. The summed E-state index contributed by atoms with van der Waals surface area (Å²) in [6.07, 6.45) is 0. The first-order chi connectivity index (χ1) is 65.4. The van der Waals surface area contributed by atoms with Gasteiger partial charge in [0.25, 0.3) is 0 Å². The van der Waals surface area contributed by atoms with Crippen molar-refractivity contribution >= 4 is 141 Å². The van der Waals surface area contributed by atoms with Gasteiger partial charge in [-0.1, -0.05) is 346 Å². The van der Waals surface area contributed by atoms with Crippen LogP contribution in [0.4, 0.5) is 0 Å². The fourth-order valence-electron chi connectivity index (χ4n) is 18.6. The normalized spacial score (nSPS) is 11.6. The SMILES string of the molecule is c1ccc(-c2cccc(-c3nc(-c4ccccc4)nc(-n4c5ccccc5c5ccc6c7ccccc7oc6c54)n3)c2)cc1.c1ccc(-c2nc(-c3ccccc3)nc(-c3ccc(-n4c5ccccc5c5ccc6c7ccccc7oc6c54)cc3)n2)cc1.c1ccc(-c2nc(-c3ccccc3)nc(-c3cccc(-n4c5ccccc5c5ccc6c7ccccc7sc6c54)c3)n2)cc1. The Labute approximate surface area is 759 Å². The molecular formula is C117H72N12O2S. The van der Waals surface area contributed by atoms with E-state index in [1.165, 1.54) is 47.4 Å². The Bertz CT molecular complexity index is 9040. The third kappa shape index (κ3) is 13.5. The number of furan rings is 2. The molecule has 0 amide bonds. The molecule has 0 N–H and O–H groups in total. The van der Waals surface area contributed by atoms with Crippen molar-refractivity contribution in [3.63, 3.8) is 0 Å². The molecule has 15 heteroatoms. The van der Waals surface area contributed by atoms with Gasteiger partial charge in [0.2, 0.25) is 5.95 Å². The van der Waals surface area contributed by atoms with Gasteiger partial charge in [0.1, 0.15) is 16.7 Å². The molecule has 0 saturated heterocycles. The first-order valence-electron chi connectivity index (χ1n) is 43.9. The maximum absolute atomic E-state index is 6.56. The number of thiophene rings is 1. The molecule has 0 aliphatic heterocycles. The van der Waals surface area contributed by atoms with Crippen molar-refractivity contribution in [2.24, 2.45) is 0 Å². The summed E-state index contributed by atoms with van der Waals surface area (Å²) in [5.74, 6) is 5.64. The average Bonchev–Trinajstić information content (AvgIpc) is 1.56. The van der Waals surface area contributed by atoms with Crippen LogP contribution < -0.4 is 0 Å². The summed E-state index contributed by atoms with van der Waals surface area (Å²) in [7, 11) is 0. The van der Waals surface area contributed by atoms with Crippen LogP contribution >= 0.6 is 11.3 Å². The van der Waals surface area contributed by atoms with Crippen molar-refractivity contribution in [2.45, 2.75) is 0 Å². The second kappa shape index (κ2) is 32.3. The molecule has 9 heterocycles. The van der Waals surface area contributed by atoms with Crippen molar-refractivity contribution in [3.8, 4) is 120 Å². The average molecular weight is 1710 g/mol. The van der Waals surface area contributed by atoms with Crippen LogP contribution in [0.2, 0.25) is 0 Å². The van der Waals surface area contributed by atoms with Gasteiger partial charge in [0, 0.05) is 125 Å². The van der Waals surface area contributed by atoms with Gasteiger partial charge in [0.15, 0.2) is 57.8 Å². The fourth-order valence-corrected chi connectivity index (χ4v) is 19.9. The highest BCUT2D eigenvalue weighted by molar-refractivity contribution is 7.26. The van der Waals surface area contributed by atoms with E-state index in [-0.39, 0.29) is 0 Å². The second-order valence-electron chi connectivity index (χ2n) is 32.6. The standard InChI is InChI=1S/2C39H24N4O.C39H24N4S/c1-3-12-25(13-4-1)27-16-11-17-28(24-27)38-40-37(26-14-5-2-6-15-26)41-39(42-38)43-33-20-9-7-18-29(33)31-22-23-32-30-19-8-10-21-34(30)44-36(32)35(31)43;1-3-11-25(12-4-1)37-40-38(26-13-5-2-6-14-26)42-39(41-37)27-19-21-28(22-20-27)43-33-17-9-7-15-29(33)31-23-24-32-30-16-8-10-18-34(30)44-36(32)35(31)43;1-3-12-25(13-4-1)37-40-38(26-14-5-2-6-15-26)42-39(41-37)27-16-11-17-28(24-27)43-33-20-9-7-18-29(33)31-22-23-32-30-19-8-10-21-34(30)44-36(32)35(31)43/h3*1-24H. The highest BCUT2D eigenvalue weighted by Gasteiger charge is 2.26. The molecule has 0 aliphatic rings. The van der Waals surface area contributed by atoms with Gasteiger partial charge in [0.05, 0.1) is 32.3 Å². The molecule has 27 rings (SSSR count). The van der Waals surface area contributed by atoms with E-state index in [2.05, 4.69) is 262 Å². The number of aromatic nitrogens is 12. The van der Waals surface area contributed by atoms with E-state index in [9.17, 15) is 0 Å². The maximum atomic E-state index is 6.56. The maximum Gasteiger partial charge on any atom is 0.238 e. The van der Waals surface area contributed by atoms with Crippen LogP contribution in [0.25, 0.3) is 249 Å². The van der Waals surface area contributed by atoms with Crippen LogP contribution in [0.15, 0.2) is 446 Å². The largest absolute Gasteiger partial charge is 0.454 e. The molecule has 0 fully saturated rings. The van der Waals surface area contributed by atoms with Gasteiger partial charge in [-0.3, -0.25) is 4.57 Å². The van der Waals surface area contributed by atoms with Crippen molar-refractivity contribution in [1.82, 2.24) is 58.6 Å². The lowest BCUT2D eigenvalue weighted by Crippen LogP contribution is -2.06. The Kier molecular flexibility index (Phi) is 18.7. The van der Waals surface area contributed by atoms with Gasteiger partial charge in [-0.25, -0.2) is 34.9 Å². The molecular weight excluding hydrogens is 1640 g/mol. The van der Waals surface area contributed by atoms with E-state index in [0.29, 0.717) is 52.5 Å². The molecule has 0 saturated carbocycles. The molecule has 0 unspecified atom stereocenters. The minimum Gasteiger partial charge on any atom is -0.454 e. The summed E-state index contributed by atoms with van der Waals surface area (Å²) in [5.41, 5.74) is 21.8. The third-order valence-electron chi connectivity index (χ3n) is 24.8. The van der Waals surface area contributed by atoms with Crippen molar-refractivity contribution in [1.29, 1.82) is 0 Å². The second-order valence-corrected chi connectivity index (χ2v) is 33.7. The van der Waals surface area contributed by atoms with Crippen LogP contribution in [0.1, 0.15) is 0 Å². The fraction of sp³-hybridized carbons (Fsp3) is 0. The lowest BCUT2D eigenvalue weighted by Gasteiger charge is -2.12. The summed E-state index contributed by atoms with van der Waals surface area (Å²) >= 11 is 1.86. The smallest absolute Gasteiger partial charge is 0.238 e. The van der Waals surface area contributed by atoms with Crippen LogP contribution in [-0.2, 0) is 0 Å². The number of fused-ring (bicyclic) bond motifs is 21. The molecule has 0 bridgehead atoms. The first-order valence-corrected chi connectivity index (χ1v) is 44.7. The number of benzene rings is 18. The van der Waals surface area contributed by atoms with Crippen LogP contribution in [0.5, 0.6) is 0 Å². The van der Waals surface area contributed by atoms with Crippen LogP contribution in [0, 0.1) is 0 Å². The van der Waals surface area contributed by atoms with E-state index >= 15 is 0 Å². The van der Waals surface area contributed by atoms with Crippen molar-refractivity contribution in [2.75, 3.05) is 0 Å². The molecule has 618 valence electrons. The zero-order valence-electron chi connectivity index (χ0n) is 70.7. The summed E-state index contributed by atoms with van der Waals surface area (Å²) in [5, 5.41) is 14.0. The van der Waals surface area contributed by atoms with Crippen molar-refractivity contribution < 1.29 is 8.83 Å². The van der Waals surface area contributed by atoms with Gasteiger partial charge in [-0.15, -0.1) is 11.3 Å².